The van der Waals surface area contributed by atoms with Crippen LogP contribution in [0.25, 0.3) is 22.0 Å². The SMILES string of the molecule is O=C(Nc1nc(-c2ccc3ccccc3c2)cs1)c1cc2c(cc1[N+](=O)[O-])OCCO2. The van der Waals surface area contributed by atoms with Gasteiger partial charge in [0.1, 0.15) is 18.8 Å². The average Bonchev–Trinajstić information content (AvgIpc) is 3.26. The molecule has 0 bridgehead atoms. The molecule has 0 fully saturated rings. The molecule has 1 amide bonds. The molecule has 1 N–H and O–H groups in total. The van der Waals surface area contributed by atoms with Crippen molar-refractivity contribution in [2.24, 2.45) is 0 Å². The van der Waals surface area contributed by atoms with Crippen LogP contribution in [-0.4, -0.2) is 29.0 Å². The summed E-state index contributed by atoms with van der Waals surface area (Å²) in [5.74, 6) is -0.0802. The van der Waals surface area contributed by atoms with Crippen LogP contribution in [0.2, 0.25) is 0 Å². The number of amides is 1. The lowest BCUT2D eigenvalue weighted by Crippen LogP contribution is -2.18. The molecule has 0 aliphatic carbocycles. The largest absolute Gasteiger partial charge is 0.486 e. The Bertz CT molecular complexity index is 1330. The predicted molar refractivity (Wildman–Crippen MR) is 117 cm³/mol. The van der Waals surface area contributed by atoms with Crippen LogP contribution in [0.4, 0.5) is 10.8 Å². The van der Waals surface area contributed by atoms with E-state index in [9.17, 15) is 14.9 Å². The Balaban J connectivity index is 1.42. The van der Waals surface area contributed by atoms with Gasteiger partial charge in [0.15, 0.2) is 16.6 Å². The molecule has 1 aliphatic heterocycles. The van der Waals surface area contributed by atoms with Gasteiger partial charge in [-0.2, -0.15) is 0 Å². The fraction of sp³-hybridized carbons (Fsp3) is 0.0909. The van der Waals surface area contributed by atoms with E-state index in [-0.39, 0.29) is 17.0 Å². The summed E-state index contributed by atoms with van der Waals surface area (Å²) in [6.07, 6.45) is 0. The molecule has 0 unspecified atom stereocenters. The number of carbonyl (C=O) groups excluding carboxylic acids is 1. The number of nitrogens with zero attached hydrogens (tertiary/aromatic N) is 2. The van der Waals surface area contributed by atoms with Gasteiger partial charge in [-0.05, 0) is 16.8 Å². The first-order chi connectivity index (χ1) is 15.1. The number of ether oxygens (including phenoxy) is 2. The monoisotopic (exact) mass is 433 g/mol. The van der Waals surface area contributed by atoms with E-state index in [2.05, 4.69) is 10.3 Å². The Hall–Kier alpha value is -3.98. The second kappa shape index (κ2) is 7.69. The third-order valence-electron chi connectivity index (χ3n) is 4.87. The molecule has 4 aromatic rings. The lowest BCUT2D eigenvalue weighted by Gasteiger charge is -2.18. The molecule has 1 aromatic heterocycles. The minimum absolute atomic E-state index is 0.114. The molecule has 9 heteroatoms. The van der Waals surface area contributed by atoms with Gasteiger partial charge in [-0.1, -0.05) is 36.4 Å². The van der Waals surface area contributed by atoms with Crippen LogP contribution in [-0.2, 0) is 0 Å². The van der Waals surface area contributed by atoms with Gasteiger partial charge in [-0.25, -0.2) is 4.98 Å². The molecular formula is C22H15N3O5S. The van der Waals surface area contributed by atoms with Crippen molar-refractivity contribution in [3.05, 3.63) is 75.7 Å². The lowest BCUT2D eigenvalue weighted by molar-refractivity contribution is -0.385. The maximum absolute atomic E-state index is 12.8. The highest BCUT2D eigenvalue weighted by molar-refractivity contribution is 7.14. The minimum Gasteiger partial charge on any atom is -0.486 e. The first-order valence-electron chi connectivity index (χ1n) is 9.42. The maximum Gasteiger partial charge on any atom is 0.286 e. The normalized spacial score (nSPS) is 12.5. The van der Waals surface area contributed by atoms with Crippen molar-refractivity contribution >= 4 is 38.8 Å². The minimum atomic E-state index is -0.636. The fourth-order valence-corrected chi connectivity index (χ4v) is 4.10. The van der Waals surface area contributed by atoms with Gasteiger partial charge in [-0.15, -0.1) is 11.3 Å². The van der Waals surface area contributed by atoms with E-state index in [4.69, 9.17) is 9.47 Å². The zero-order valence-corrected chi connectivity index (χ0v) is 16.8. The van der Waals surface area contributed by atoms with Crippen molar-refractivity contribution in [1.82, 2.24) is 4.98 Å². The molecule has 1 aliphatic rings. The molecule has 2 heterocycles. The highest BCUT2D eigenvalue weighted by Gasteiger charge is 2.27. The van der Waals surface area contributed by atoms with Crippen molar-refractivity contribution < 1.29 is 19.2 Å². The number of anilines is 1. The molecule has 0 spiro atoms. The molecule has 3 aromatic carbocycles. The van der Waals surface area contributed by atoms with Crippen molar-refractivity contribution in [3.8, 4) is 22.8 Å². The summed E-state index contributed by atoms with van der Waals surface area (Å²) < 4.78 is 10.8. The summed E-state index contributed by atoms with van der Waals surface area (Å²) in [4.78, 5) is 28.1. The van der Waals surface area contributed by atoms with Crippen LogP contribution >= 0.6 is 11.3 Å². The zero-order valence-electron chi connectivity index (χ0n) is 16.0. The number of benzene rings is 3. The number of fused-ring (bicyclic) bond motifs is 2. The first kappa shape index (κ1) is 19.0. The van der Waals surface area contributed by atoms with E-state index >= 15 is 0 Å². The Kier molecular flexibility index (Phi) is 4.72. The van der Waals surface area contributed by atoms with Crippen molar-refractivity contribution in [2.75, 3.05) is 18.5 Å². The Morgan fingerprint density at radius 3 is 2.55 bits per heavy atom. The second-order valence-corrected chi connectivity index (χ2v) is 7.68. The van der Waals surface area contributed by atoms with E-state index in [1.54, 1.807) is 0 Å². The van der Waals surface area contributed by atoms with Gasteiger partial charge >= 0.3 is 0 Å². The molecule has 154 valence electrons. The van der Waals surface area contributed by atoms with Crippen LogP contribution in [0, 0.1) is 10.1 Å². The van der Waals surface area contributed by atoms with Crippen LogP contribution < -0.4 is 14.8 Å². The summed E-state index contributed by atoms with van der Waals surface area (Å²) in [5.41, 5.74) is 1.16. The topological polar surface area (TPSA) is 104 Å². The third-order valence-corrected chi connectivity index (χ3v) is 5.63. The van der Waals surface area contributed by atoms with Gasteiger partial charge in [0, 0.05) is 17.0 Å². The Morgan fingerprint density at radius 2 is 1.77 bits per heavy atom. The molecule has 0 atom stereocenters. The molecule has 31 heavy (non-hydrogen) atoms. The molecule has 0 radical (unpaired) electrons. The van der Waals surface area contributed by atoms with E-state index < -0.39 is 10.8 Å². The highest BCUT2D eigenvalue weighted by Crippen LogP contribution is 2.37. The highest BCUT2D eigenvalue weighted by atomic mass is 32.1. The Morgan fingerprint density at radius 1 is 1.03 bits per heavy atom. The van der Waals surface area contributed by atoms with Crippen molar-refractivity contribution in [2.45, 2.75) is 0 Å². The van der Waals surface area contributed by atoms with Gasteiger partial charge in [0.05, 0.1) is 16.7 Å². The standard InChI is InChI=1S/C22H15N3O5S/c26-21(16-10-19-20(30-8-7-29-19)11-18(16)25(27)28)24-22-23-17(12-31-22)15-6-5-13-3-1-2-4-14(13)9-15/h1-6,9-12H,7-8H2,(H,23,24,26). The van der Waals surface area contributed by atoms with Crippen LogP contribution in [0.5, 0.6) is 11.5 Å². The molecule has 0 saturated carbocycles. The number of carbonyl (C=O) groups is 1. The molecule has 0 saturated heterocycles. The van der Waals surface area contributed by atoms with Crippen molar-refractivity contribution in [3.63, 3.8) is 0 Å². The third kappa shape index (κ3) is 3.66. The van der Waals surface area contributed by atoms with Gasteiger partial charge in [0.2, 0.25) is 0 Å². The average molecular weight is 433 g/mol. The number of thiazole rings is 1. The second-order valence-electron chi connectivity index (χ2n) is 6.82. The Labute approximate surface area is 180 Å². The quantitative estimate of drug-likeness (QED) is 0.363. The van der Waals surface area contributed by atoms with E-state index in [0.717, 1.165) is 16.3 Å². The summed E-state index contributed by atoms with van der Waals surface area (Å²) >= 11 is 1.25. The summed E-state index contributed by atoms with van der Waals surface area (Å²) in [6, 6.07) is 16.6. The van der Waals surface area contributed by atoms with E-state index in [1.807, 2.05) is 47.8 Å². The zero-order chi connectivity index (χ0) is 21.4. The number of nitrogens with one attached hydrogen (secondary N) is 1. The fourth-order valence-electron chi connectivity index (χ4n) is 3.39. The van der Waals surface area contributed by atoms with Gasteiger partial charge < -0.3 is 9.47 Å². The number of aromatic nitrogens is 1. The van der Waals surface area contributed by atoms with E-state index in [0.29, 0.717) is 29.8 Å². The number of hydrogen-bond acceptors (Lipinski definition) is 7. The first-order valence-corrected chi connectivity index (χ1v) is 10.3. The smallest absolute Gasteiger partial charge is 0.286 e. The lowest BCUT2D eigenvalue weighted by atomic mass is 10.1. The number of hydrogen-bond donors (Lipinski definition) is 1. The number of nitro groups is 1. The van der Waals surface area contributed by atoms with Crippen molar-refractivity contribution in [1.29, 1.82) is 0 Å². The molecular weight excluding hydrogens is 418 g/mol. The maximum atomic E-state index is 12.8. The molecule has 8 nitrogen and oxygen atoms in total. The van der Waals surface area contributed by atoms with Gasteiger partial charge in [0.25, 0.3) is 11.6 Å². The van der Waals surface area contributed by atoms with Crippen LogP contribution in [0.3, 0.4) is 0 Å². The summed E-state index contributed by atoms with van der Waals surface area (Å²) in [7, 11) is 0. The molecule has 5 rings (SSSR count). The van der Waals surface area contributed by atoms with Crippen LogP contribution in [0.15, 0.2) is 60.0 Å². The van der Waals surface area contributed by atoms with Gasteiger partial charge in [-0.3, -0.25) is 20.2 Å². The van der Waals surface area contributed by atoms with Crippen LogP contribution in [0.1, 0.15) is 10.4 Å². The number of nitro benzene ring substituents is 1. The summed E-state index contributed by atoms with van der Waals surface area (Å²) in [5, 5.41) is 18.5. The summed E-state index contributed by atoms with van der Waals surface area (Å²) in [6.45, 7) is 0.611. The number of rotatable bonds is 4. The predicted octanol–water partition coefficient (Wildman–Crippen LogP) is 4.90. The van der Waals surface area contributed by atoms with E-state index in [1.165, 1.54) is 23.5 Å².